The quantitative estimate of drug-likeness (QED) is 0.673. The van der Waals surface area contributed by atoms with Crippen LogP contribution in [-0.2, 0) is 12.4 Å². The van der Waals surface area contributed by atoms with Crippen LogP contribution in [0.1, 0.15) is 22.3 Å². The topological polar surface area (TPSA) is 47.6 Å². The van der Waals surface area contributed by atoms with Crippen LogP contribution >= 0.6 is 0 Å². The standard InChI is InChI=1S/C10H2F6N2/c11-9(12,13)7-5(3-17)1-2-6(4-18)8(7)10(14,15)16/h1-2H. The first-order valence-electron chi connectivity index (χ1n) is 4.24. The second-order valence-electron chi connectivity index (χ2n) is 3.13. The number of hydrogen-bond donors (Lipinski definition) is 0. The van der Waals surface area contributed by atoms with Gasteiger partial charge in [0.2, 0.25) is 0 Å². The van der Waals surface area contributed by atoms with E-state index in [0.29, 0.717) is 12.1 Å². The Morgan fingerprint density at radius 3 is 1.17 bits per heavy atom. The van der Waals surface area contributed by atoms with E-state index in [2.05, 4.69) is 0 Å². The van der Waals surface area contributed by atoms with Crippen LogP contribution < -0.4 is 0 Å². The number of nitrogens with zero attached hydrogens (tertiary/aromatic N) is 2. The summed E-state index contributed by atoms with van der Waals surface area (Å²) in [5.41, 5.74) is -6.60. The molecule has 0 fully saturated rings. The molecule has 0 N–H and O–H groups in total. The number of halogens is 6. The molecular weight excluding hydrogens is 262 g/mol. The molecule has 0 heterocycles. The second kappa shape index (κ2) is 4.22. The minimum Gasteiger partial charge on any atom is -0.192 e. The van der Waals surface area contributed by atoms with E-state index in [1.54, 1.807) is 0 Å². The van der Waals surface area contributed by atoms with Crippen LogP contribution in [0.15, 0.2) is 12.1 Å². The minimum absolute atomic E-state index is 0.538. The predicted octanol–water partition coefficient (Wildman–Crippen LogP) is 3.47. The van der Waals surface area contributed by atoms with Crippen LogP contribution in [0.5, 0.6) is 0 Å². The largest absolute Gasteiger partial charge is 0.418 e. The SMILES string of the molecule is N#Cc1ccc(C#N)c(C(F)(F)F)c1C(F)(F)F. The highest BCUT2D eigenvalue weighted by molar-refractivity contribution is 5.53. The molecule has 1 aromatic carbocycles. The summed E-state index contributed by atoms with van der Waals surface area (Å²) >= 11 is 0. The Morgan fingerprint density at radius 1 is 0.722 bits per heavy atom. The lowest BCUT2D eigenvalue weighted by atomic mass is 9.96. The first-order chi connectivity index (χ1) is 8.12. The summed E-state index contributed by atoms with van der Waals surface area (Å²) in [5, 5.41) is 16.9. The van der Waals surface area contributed by atoms with E-state index in [-0.39, 0.29) is 0 Å². The van der Waals surface area contributed by atoms with Crippen molar-refractivity contribution in [1.29, 1.82) is 10.5 Å². The maximum Gasteiger partial charge on any atom is 0.418 e. The third kappa shape index (κ3) is 2.38. The van der Waals surface area contributed by atoms with Gasteiger partial charge in [-0.2, -0.15) is 36.9 Å². The summed E-state index contributed by atoms with van der Waals surface area (Å²) in [6, 6.07) is 3.15. The predicted molar refractivity (Wildman–Crippen MR) is 45.9 cm³/mol. The third-order valence-electron chi connectivity index (χ3n) is 2.01. The fourth-order valence-corrected chi connectivity index (χ4v) is 1.38. The van der Waals surface area contributed by atoms with Gasteiger partial charge in [-0.3, -0.25) is 0 Å². The van der Waals surface area contributed by atoms with Gasteiger partial charge in [-0.25, -0.2) is 0 Å². The maximum atomic E-state index is 12.6. The smallest absolute Gasteiger partial charge is 0.192 e. The maximum absolute atomic E-state index is 12.6. The van der Waals surface area contributed by atoms with E-state index >= 15 is 0 Å². The van der Waals surface area contributed by atoms with Crippen molar-refractivity contribution in [2.75, 3.05) is 0 Å². The number of hydrogen-bond acceptors (Lipinski definition) is 2. The Morgan fingerprint density at radius 2 is 1.00 bits per heavy atom. The lowest BCUT2D eigenvalue weighted by Gasteiger charge is -2.17. The van der Waals surface area contributed by atoms with E-state index in [1.165, 1.54) is 0 Å². The molecule has 0 aliphatic carbocycles. The van der Waals surface area contributed by atoms with Crippen LogP contribution in [0.3, 0.4) is 0 Å². The monoisotopic (exact) mass is 264 g/mol. The van der Waals surface area contributed by atoms with Gasteiger partial charge >= 0.3 is 12.4 Å². The highest BCUT2D eigenvalue weighted by Crippen LogP contribution is 2.43. The molecule has 0 amide bonds. The Kier molecular flexibility index (Phi) is 3.25. The highest BCUT2D eigenvalue weighted by atomic mass is 19.4. The molecule has 0 saturated carbocycles. The Hall–Kier alpha value is -2.22. The average molecular weight is 264 g/mol. The van der Waals surface area contributed by atoms with Crippen molar-refractivity contribution < 1.29 is 26.3 Å². The van der Waals surface area contributed by atoms with Crippen LogP contribution in [0.25, 0.3) is 0 Å². The lowest BCUT2D eigenvalue weighted by molar-refractivity contribution is -0.162. The van der Waals surface area contributed by atoms with Gasteiger partial charge in [0.25, 0.3) is 0 Å². The van der Waals surface area contributed by atoms with Gasteiger partial charge in [0.1, 0.15) is 0 Å². The molecule has 0 bridgehead atoms. The molecule has 94 valence electrons. The number of nitriles is 2. The van der Waals surface area contributed by atoms with Crippen molar-refractivity contribution >= 4 is 0 Å². The second-order valence-corrected chi connectivity index (χ2v) is 3.13. The van der Waals surface area contributed by atoms with Gasteiger partial charge in [-0.15, -0.1) is 0 Å². The van der Waals surface area contributed by atoms with E-state index < -0.39 is 34.6 Å². The molecule has 0 aromatic heterocycles. The molecule has 1 rings (SSSR count). The molecule has 0 aliphatic heterocycles. The van der Waals surface area contributed by atoms with Gasteiger partial charge < -0.3 is 0 Å². The Balaban J connectivity index is 3.86. The molecule has 2 nitrogen and oxygen atoms in total. The van der Waals surface area contributed by atoms with Gasteiger partial charge in [-0.05, 0) is 12.1 Å². The van der Waals surface area contributed by atoms with E-state index in [4.69, 9.17) is 10.5 Å². The fourth-order valence-electron chi connectivity index (χ4n) is 1.38. The zero-order valence-corrected chi connectivity index (χ0v) is 8.32. The molecule has 0 unspecified atom stereocenters. The highest BCUT2D eigenvalue weighted by Gasteiger charge is 2.46. The molecular formula is C10H2F6N2. The molecule has 0 saturated heterocycles. The van der Waals surface area contributed by atoms with Crippen molar-refractivity contribution in [3.8, 4) is 12.1 Å². The van der Waals surface area contributed by atoms with E-state index in [0.717, 1.165) is 12.1 Å². The van der Waals surface area contributed by atoms with E-state index in [1.807, 2.05) is 0 Å². The molecule has 0 atom stereocenters. The first-order valence-corrected chi connectivity index (χ1v) is 4.24. The molecule has 18 heavy (non-hydrogen) atoms. The van der Waals surface area contributed by atoms with Gasteiger partial charge in [0, 0.05) is 0 Å². The third-order valence-corrected chi connectivity index (χ3v) is 2.01. The fraction of sp³-hybridized carbons (Fsp3) is 0.200. The molecule has 8 heteroatoms. The molecule has 1 aromatic rings. The summed E-state index contributed by atoms with van der Waals surface area (Å²) in [4.78, 5) is 0. The minimum atomic E-state index is -5.37. The zero-order chi connectivity index (χ0) is 14.1. The molecule has 0 spiro atoms. The average Bonchev–Trinajstić information content (AvgIpc) is 2.24. The van der Waals surface area contributed by atoms with Crippen molar-refractivity contribution in [3.05, 3.63) is 34.4 Å². The van der Waals surface area contributed by atoms with Crippen molar-refractivity contribution in [1.82, 2.24) is 0 Å². The molecule has 0 aliphatic rings. The van der Waals surface area contributed by atoms with Gasteiger partial charge in [0.15, 0.2) is 0 Å². The number of rotatable bonds is 0. The summed E-state index contributed by atoms with van der Waals surface area (Å²) < 4.78 is 75.5. The van der Waals surface area contributed by atoms with Crippen LogP contribution in [-0.4, -0.2) is 0 Å². The zero-order valence-electron chi connectivity index (χ0n) is 8.32. The van der Waals surface area contributed by atoms with Gasteiger partial charge in [0.05, 0.1) is 34.4 Å². The number of benzene rings is 1. The van der Waals surface area contributed by atoms with Crippen molar-refractivity contribution in [2.24, 2.45) is 0 Å². The Bertz CT molecular complexity index is 505. The van der Waals surface area contributed by atoms with Crippen LogP contribution in [0, 0.1) is 22.7 Å². The summed E-state index contributed by atoms with van der Waals surface area (Å²) in [7, 11) is 0. The molecule has 0 radical (unpaired) electrons. The Labute approximate surface area is 96.7 Å². The summed E-state index contributed by atoms with van der Waals surface area (Å²) in [6.45, 7) is 0. The van der Waals surface area contributed by atoms with Crippen LogP contribution in [0.2, 0.25) is 0 Å². The summed E-state index contributed by atoms with van der Waals surface area (Å²) in [5.74, 6) is 0. The normalized spacial score (nSPS) is 11.8. The lowest BCUT2D eigenvalue weighted by Crippen LogP contribution is -2.20. The van der Waals surface area contributed by atoms with Crippen molar-refractivity contribution in [2.45, 2.75) is 12.4 Å². The number of alkyl halides is 6. The van der Waals surface area contributed by atoms with Crippen LogP contribution in [0.4, 0.5) is 26.3 Å². The van der Waals surface area contributed by atoms with E-state index in [9.17, 15) is 26.3 Å². The van der Waals surface area contributed by atoms with Gasteiger partial charge in [-0.1, -0.05) is 0 Å². The first kappa shape index (κ1) is 13.8. The summed E-state index contributed by atoms with van der Waals surface area (Å²) in [6.07, 6.45) is -10.7. The van der Waals surface area contributed by atoms with Crippen molar-refractivity contribution in [3.63, 3.8) is 0 Å².